The van der Waals surface area contributed by atoms with Crippen LogP contribution in [0.1, 0.15) is 11.1 Å². The Morgan fingerprint density at radius 3 is 2.56 bits per heavy atom. The van der Waals surface area contributed by atoms with Gasteiger partial charge in [-0.2, -0.15) is 10.2 Å². The fourth-order valence-electron chi connectivity index (χ4n) is 2.74. The van der Waals surface area contributed by atoms with E-state index >= 15 is 0 Å². The molecule has 0 bridgehead atoms. The first-order valence-electron chi connectivity index (χ1n) is 9.52. The molecule has 0 saturated carbocycles. The van der Waals surface area contributed by atoms with E-state index < -0.39 is 0 Å². The minimum atomic E-state index is -0.331. The summed E-state index contributed by atoms with van der Waals surface area (Å²) in [4.78, 5) is 12.2. The van der Waals surface area contributed by atoms with Crippen LogP contribution in [0.2, 0.25) is 5.02 Å². The van der Waals surface area contributed by atoms with Crippen molar-refractivity contribution in [3.05, 3.63) is 76.8 Å². The molecule has 164 valence electrons. The summed E-state index contributed by atoms with van der Waals surface area (Å²) < 4.78 is 10.4. The van der Waals surface area contributed by atoms with E-state index in [0.29, 0.717) is 33.5 Å². The lowest BCUT2D eigenvalue weighted by molar-refractivity contribution is -0.120. The number of ether oxygens (including phenoxy) is 2. The number of nitrogens with zero attached hydrogens (tertiary/aromatic N) is 3. The van der Waals surface area contributed by atoms with Crippen molar-refractivity contribution < 1.29 is 19.4 Å². The summed E-state index contributed by atoms with van der Waals surface area (Å²) in [6.07, 6.45) is 1.42. The third-order valence-corrected chi connectivity index (χ3v) is 4.66. The average Bonchev–Trinajstić information content (AvgIpc) is 2.80. The summed E-state index contributed by atoms with van der Waals surface area (Å²) in [6.45, 7) is 0. The lowest BCUT2D eigenvalue weighted by Gasteiger charge is -2.09. The number of phenols is 1. The van der Waals surface area contributed by atoms with Gasteiger partial charge in [-0.05, 0) is 48.0 Å². The molecule has 9 heteroatoms. The van der Waals surface area contributed by atoms with Gasteiger partial charge in [0, 0.05) is 5.56 Å². The maximum absolute atomic E-state index is 12.2. The Morgan fingerprint density at radius 2 is 1.81 bits per heavy atom. The first-order chi connectivity index (χ1) is 15.5. The molecule has 0 fully saturated rings. The molecule has 0 radical (unpaired) electrons. The highest BCUT2D eigenvalue weighted by Gasteiger charge is 2.08. The maximum Gasteiger partial charge on any atom is 0.244 e. The van der Waals surface area contributed by atoms with Crippen molar-refractivity contribution >= 4 is 35.1 Å². The molecular formula is C23H21ClN4O4. The molecule has 0 saturated heterocycles. The molecule has 3 aromatic rings. The number of rotatable bonds is 8. The zero-order valence-corrected chi connectivity index (χ0v) is 18.2. The van der Waals surface area contributed by atoms with Gasteiger partial charge in [-0.3, -0.25) is 4.79 Å². The molecule has 8 nitrogen and oxygen atoms in total. The number of halogens is 1. The number of methoxy groups -OCH3 is 2. The van der Waals surface area contributed by atoms with Crippen LogP contribution in [-0.2, 0) is 11.2 Å². The largest absolute Gasteiger partial charge is 0.507 e. The number of azo groups is 1. The van der Waals surface area contributed by atoms with E-state index in [-0.39, 0.29) is 18.1 Å². The second-order valence-corrected chi connectivity index (χ2v) is 6.96. The summed E-state index contributed by atoms with van der Waals surface area (Å²) in [7, 11) is 3.07. The van der Waals surface area contributed by atoms with Gasteiger partial charge in [-0.25, -0.2) is 5.43 Å². The van der Waals surface area contributed by atoms with E-state index in [1.807, 2.05) is 0 Å². The Bertz CT molecular complexity index is 1160. The number of amides is 1. The number of carbonyl (C=O) groups is 1. The fourth-order valence-corrected chi connectivity index (χ4v) is 2.91. The Labute approximate surface area is 190 Å². The van der Waals surface area contributed by atoms with Gasteiger partial charge in [-0.15, -0.1) is 5.11 Å². The van der Waals surface area contributed by atoms with Crippen LogP contribution in [0.25, 0.3) is 0 Å². The molecule has 32 heavy (non-hydrogen) atoms. The van der Waals surface area contributed by atoms with Crippen LogP contribution in [0.15, 0.2) is 76.0 Å². The molecular weight excluding hydrogens is 432 g/mol. The quantitative estimate of drug-likeness (QED) is 0.279. The van der Waals surface area contributed by atoms with Crippen molar-refractivity contribution in [2.24, 2.45) is 15.3 Å². The van der Waals surface area contributed by atoms with Crippen molar-refractivity contribution in [3.8, 4) is 17.2 Å². The lowest BCUT2D eigenvalue weighted by Crippen LogP contribution is -2.19. The molecule has 3 rings (SSSR count). The molecule has 1 amide bonds. The Morgan fingerprint density at radius 1 is 1.03 bits per heavy atom. The molecule has 0 aromatic heterocycles. The van der Waals surface area contributed by atoms with Gasteiger partial charge in [0.15, 0.2) is 11.5 Å². The first kappa shape index (κ1) is 22.8. The number of hydrogen-bond donors (Lipinski definition) is 2. The van der Waals surface area contributed by atoms with Gasteiger partial charge in [0.05, 0.1) is 37.6 Å². The average molecular weight is 453 g/mol. The highest BCUT2D eigenvalue weighted by molar-refractivity contribution is 6.32. The van der Waals surface area contributed by atoms with E-state index in [1.54, 1.807) is 61.7 Å². The van der Waals surface area contributed by atoms with Crippen molar-refractivity contribution in [2.45, 2.75) is 6.42 Å². The molecule has 0 atom stereocenters. The van der Waals surface area contributed by atoms with Gasteiger partial charge in [-0.1, -0.05) is 29.8 Å². The van der Waals surface area contributed by atoms with Crippen LogP contribution < -0.4 is 14.9 Å². The third kappa shape index (κ3) is 6.05. The van der Waals surface area contributed by atoms with Crippen molar-refractivity contribution in [3.63, 3.8) is 0 Å². The molecule has 0 unspecified atom stereocenters. The second kappa shape index (κ2) is 10.9. The minimum Gasteiger partial charge on any atom is -0.507 e. The summed E-state index contributed by atoms with van der Waals surface area (Å²) in [6, 6.07) is 16.9. The van der Waals surface area contributed by atoms with Gasteiger partial charge >= 0.3 is 0 Å². The third-order valence-electron chi connectivity index (χ3n) is 4.34. The number of hydrogen-bond acceptors (Lipinski definition) is 7. The fraction of sp³-hybridized carbons (Fsp3) is 0.130. The van der Waals surface area contributed by atoms with Crippen LogP contribution >= 0.6 is 11.6 Å². The van der Waals surface area contributed by atoms with Crippen LogP contribution in [0.4, 0.5) is 11.4 Å². The van der Waals surface area contributed by atoms with E-state index in [1.165, 1.54) is 19.4 Å². The van der Waals surface area contributed by atoms with Crippen LogP contribution in [0, 0.1) is 0 Å². The predicted molar refractivity (Wildman–Crippen MR) is 123 cm³/mol. The number of nitrogens with one attached hydrogen (secondary N) is 1. The Balaban J connectivity index is 1.64. The Hall–Kier alpha value is -3.91. The first-order valence-corrected chi connectivity index (χ1v) is 9.90. The van der Waals surface area contributed by atoms with E-state index in [0.717, 1.165) is 5.56 Å². The molecule has 3 aromatic carbocycles. The number of benzene rings is 3. The van der Waals surface area contributed by atoms with E-state index in [9.17, 15) is 9.90 Å². The van der Waals surface area contributed by atoms with E-state index in [4.69, 9.17) is 21.1 Å². The zero-order chi connectivity index (χ0) is 22.9. The van der Waals surface area contributed by atoms with Crippen molar-refractivity contribution in [1.82, 2.24) is 5.43 Å². The van der Waals surface area contributed by atoms with Crippen LogP contribution in [-0.4, -0.2) is 31.4 Å². The van der Waals surface area contributed by atoms with Crippen molar-refractivity contribution in [1.29, 1.82) is 0 Å². The highest BCUT2D eigenvalue weighted by atomic mass is 35.5. The number of aromatic hydroxyl groups is 1. The summed E-state index contributed by atoms with van der Waals surface area (Å²) >= 11 is 6.07. The summed E-state index contributed by atoms with van der Waals surface area (Å²) in [5.41, 5.74) is 4.55. The topological polar surface area (TPSA) is 105 Å². The smallest absolute Gasteiger partial charge is 0.244 e. The summed E-state index contributed by atoms with van der Waals surface area (Å²) in [5.74, 6) is 0.771. The standard InChI is InChI=1S/C23H21ClN4O4/c1-31-21-10-7-15(11-22(21)32-2)12-23(30)28-25-14-16-13-17(8-9-20(16)29)26-27-19-6-4-3-5-18(19)24/h3-11,13-14,29H,12H2,1-2H3,(H,28,30)/b25-14+,27-26?. The lowest BCUT2D eigenvalue weighted by atomic mass is 10.1. The molecule has 0 spiro atoms. The van der Waals surface area contributed by atoms with Gasteiger partial charge in [0.2, 0.25) is 5.91 Å². The number of hydrazone groups is 1. The van der Waals surface area contributed by atoms with Crippen LogP contribution in [0.5, 0.6) is 17.2 Å². The molecule has 0 aliphatic heterocycles. The van der Waals surface area contributed by atoms with Crippen LogP contribution in [0.3, 0.4) is 0 Å². The van der Waals surface area contributed by atoms with Gasteiger partial charge < -0.3 is 14.6 Å². The highest BCUT2D eigenvalue weighted by Crippen LogP contribution is 2.29. The number of carbonyl (C=O) groups excluding carboxylic acids is 1. The normalized spacial score (nSPS) is 11.1. The monoisotopic (exact) mass is 452 g/mol. The number of phenolic OH excluding ortho intramolecular Hbond substituents is 1. The molecule has 0 heterocycles. The van der Waals surface area contributed by atoms with Crippen molar-refractivity contribution in [2.75, 3.05) is 14.2 Å². The molecule has 0 aliphatic rings. The van der Waals surface area contributed by atoms with Gasteiger partial charge in [0.25, 0.3) is 0 Å². The Kier molecular flexibility index (Phi) is 7.77. The van der Waals surface area contributed by atoms with Gasteiger partial charge in [0.1, 0.15) is 11.4 Å². The van der Waals surface area contributed by atoms with E-state index in [2.05, 4.69) is 20.8 Å². The second-order valence-electron chi connectivity index (χ2n) is 6.55. The SMILES string of the molecule is COc1ccc(CC(=O)N/N=C/c2cc(N=Nc3ccccc3Cl)ccc2O)cc1OC. The maximum atomic E-state index is 12.2. The summed E-state index contributed by atoms with van der Waals surface area (Å²) in [5, 5.41) is 22.7. The molecule has 2 N–H and O–H groups in total. The molecule has 0 aliphatic carbocycles. The minimum absolute atomic E-state index is 0.0143. The zero-order valence-electron chi connectivity index (χ0n) is 17.4. The predicted octanol–water partition coefficient (Wildman–Crippen LogP) is 5.17.